The van der Waals surface area contributed by atoms with E-state index in [4.69, 9.17) is 18.9 Å². The van der Waals surface area contributed by atoms with Gasteiger partial charge in [-0.1, -0.05) is 166 Å². The Morgan fingerprint density at radius 1 is 0.556 bits per heavy atom. The van der Waals surface area contributed by atoms with Crippen LogP contribution >= 0.6 is 0 Å². The summed E-state index contributed by atoms with van der Waals surface area (Å²) in [5.74, 6) is -0.255. The van der Waals surface area contributed by atoms with E-state index in [-0.39, 0.29) is 18.9 Å². The van der Waals surface area contributed by atoms with Crippen molar-refractivity contribution < 1.29 is 64.6 Å². The maximum atomic E-state index is 13.1. The van der Waals surface area contributed by atoms with Crippen LogP contribution in [0.1, 0.15) is 174 Å². The molecule has 14 heteroatoms. The van der Waals surface area contributed by atoms with Crippen LogP contribution in [0.3, 0.4) is 0 Å². The second-order valence-electron chi connectivity index (χ2n) is 17.6. The van der Waals surface area contributed by atoms with Gasteiger partial charge in [-0.25, -0.2) is 0 Å². The van der Waals surface area contributed by atoms with Gasteiger partial charge in [0, 0.05) is 6.42 Å². The fourth-order valence-corrected chi connectivity index (χ4v) is 7.95. The molecule has 0 aromatic rings. The van der Waals surface area contributed by atoms with Gasteiger partial charge in [0.25, 0.3) is 0 Å². The zero-order valence-electron chi connectivity index (χ0n) is 38.8. The highest BCUT2D eigenvalue weighted by molar-refractivity contribution is 5.76. The summed E-state index contributed by atoms with van der Waals surface area (Å²) in [4.78, 5) is 13.1. The average Bonchev–Trinajstić information content (AvgIpc) is 3.28. The summed E-state index contributed by atoms with van der Waals surface area (Å²) in [6.45, 7) is 2.70. The van der Waals surface area contributed by atoms with E-state index < -0.39 is 86.8 Å². The molecule has 2 fully saturated rings. The number of ether oxygens (including phenoxy) is 4. The molecule has 1 amide bonds. The minimum Gasteiger partial charge on any atom is -0.394 e. The Kier molecular flexibility index (Phi) is 33.1. The zero-order chi connectivity index (χ0) is 46.1. The zero-order valence-corrected chi connectivity index (χ0v) is 38.8. The molecule has 12 unspecified atom stereocenters. The topological polar surface area (TPSA) is 228 Å². The molecular weight excluding hydrogens is 811 g/mol. The van der Waals surface area contributed by atoms with Crippen LogP contribution in [0.2, 0.25) is 0 Å². The number of nitrogens with one attached hydrogen (secondary N) is 1. The third-order valence-corrected chi connectivity index (χ3v) is 12.1. The maximum absolute atomic E-state index is 13.1. The largest absolute Gasteiger partial charge is 0.394 e. The van der Waals surface area contributed by atoms with Gasteiger partial charge < -0.3 is 65.1 Å². The highest BCUT2D eigenvalue weighted by atomic mass is 16.7. The lowest BCUT2D eigenvalue weighted by molar-refractivity contribution is -0.359. The summed E-state index contributed by atoms with van der Waals surface area (Å²) >= 11 is 0. The quantitative estimate of drug-likeness (QED) is 0.0261. The molecule has 0 bridgehead atoms. The van der Waals surface area contributed by atoms with Gasteiger partial charge in [-0.15, -0.1) is 0 Å². The van der Waals surface area contributed by atoms with Crippen molar-refractivity contribution in [2.45, 2.75) is 248 Å². The Morgan fingerprint density at radius 2 is 1.02 bits per heavy atom. The highest BCUT2D eigenvalue weighted by Gasteiger charge is 2.51. The molecule has 9 N–H and O–H groups in total. The van der Waals surface area contributed by atoms with Gasteiger partial charge in [-0.05, 0) is 38.5 Å². The number of aliphatic hydroxyl groups excluding tert-OH is 8. The van der Waals surface area contributed by atoms with Gasteiger partial charge in [-0.2, -0.15) is 0 Å². The lowest BCUT2D eigenvalue weighted by Gasteiger charge is -2.46. The maximum Gasteiger partial charge on any atom is 0.220 e. The summed E-state index contributed by atoms with van der Waals surface area (Å²) in [5.41, 5.74) is 0. The Hall–Kier alpha value is -1.79. The highest BCUT2D eigenvalue weighted by Crippen LogP contribution is 2.30. The number of unbranched alkanes of at least 4 members (excludes halogenated alkanes) is 20. The Morgan fingerprint density at radius 3 is 1.54 bits per heavy atom. The first-order valence-electron chi connectivity index (χ1n) is 24.7. The number of carbonyl (C=O) groups is 1. The number of carbonyl (C=O) groups excluding carboxylic acids is 1. The van der Waals surface area contributed by atoms with Crippen LogP contribution < -0.4 is 5.32 Å². The molecule has 0 radical (unpaired) electrons. The minimum absolute atomic E-state index is 0.255. The lowest BCUT2D eigenvalue weighted by Crippen LogP contribution is -2.65. The van der Waals surface area contributed by atoms with Crippen molar-refractivity contribution in [2.75, 3.05) is 19.8 Å². The number of hydrogen-bond donors (Lipinski definition) is 9. The van der Waals surface area contributed by atoms with E-state index in [9.17, 15) is 45.6 Å². The summed E-state index contributed by atoms with van der Waals surface area (Å²) in [6.07, 6.45) is 23.3. The van der Waals surface area contributed by atoms with Crippen LogP contribution in [0.15, 0.2) is 36.5 Å². The van der Waals surface area contributed by atoms with E-state index in [1.807, 2.05) is 6.08 Å². The van der Waals surface area contributed by atoms with E-state index in [1.54, 1.807) is 6.08 Å². The molecule has 63 heavy (non-hydrogen) atoms. The Labute approximate surface area is 379 Å². The van der Waals surface area contributed by atoms with Crippen LogP contribution in [0.4, 0.5) is 0 Å². The Bertz CT molecular complexity index is 1200. The number of amides is 1. The summed E-state index contributed by atoms with van der Waals surface area (Å²) in [7, 11) is 0. The number of rotatable bonds is 37. The third-order valence-electron chi connectivity index (χ3n) is 12.1. The summed E-state index contributed by atoms with van der Waals surface area (Å²) in [6, 6.07) is -0.932. The van der Waals surface area contributed by atoms with Crippen LogP contribution in [0.25, 0.3) is 0 Å². The first-order chi connectivity index (χ1) is 30.6. The predicted molar refractivity (Wildman–Crippen MR) is 244 cm³/mol. The van der Waals surface area contributed by atoms with Crippen LogP contribution in [-0.4, -0.2) is 140 Å². The first-order valence-corrected chi connectivity index (χ1v) is 24.7. The number of allylic oxidation sites excluding steroid dienone is 5. The standard InChI is InChI=1S/C49H89NO13/c1-3-5-7-9-11-13-15-17-18-19-20-21-23-25-27-29-31-33-41(54)50-37(38(53)32-30-28-26-24-22-16-14-12-10-8-6-4-2)36-60-48-46(59)44(57)47(40(35-52)62-48)63-49-45(58)43(56)42(55)39(34-51)61-49/h10,12,22,24,30,32,37-40,42-49,51-53,55-59H,3-9,11,13-21,23,25-29,31,33-36H2,1-2H3,(H,50,54)/b12-10+,24-22+,32-30+. The molecule has 2 aliphatic heterocycles. The fraction of sp³-hybridized carbons (Fsp3) is 0.857. The normalized spacial score (nSPS) is 27.8. The summed E-state index contributed by atoms with van der Waals surface area (Å²) in [5, 5.41) is 86.5. The second-order valence-corrected chi connectivity index (χ2v) is 17.6. The van der Waals surface area contributed by atoms with Crippen molar-refractivity contribution in [3.63, 3.8) is 0 Å². The molecule has 0 saturated carbocycles. The van der Waals surface area contributed by atoms with Crippen LogP contribution in [-0.2, 0) is 23.7 Å². The molecule has 0 aromatic carbocycles. The van der Waals surface area contributed by atoms with Crippen LogP contribution in [0, 0.1) is 0 Å². The van der Waals surface area contributed by atoms with Crippen molar-refractivity contribution in [1.29, 1.82) is 0 Å². The average molecular weight is 900 g/mol. The molecule has 12 atom stereocenters. The minimum atomic E-state index is -1.79. The molecule has 0 aliphatic carbocycles. The number of aliphatic hydroxyl groups is 8. The molecule has 14 nitrogen and oxygen atoms in total. The van der Waals surface area contributed by atoms with Crippen molar-refractivity contribution in [2.24, 2.45) is 0 Å². The van der Waals surface area contributed by atoms with E-state index in [2.05, 4.69) is 43.5 Å². The lowest BCUT2D eigenvalue weighted by atomic mass is 9.97. The van der Waals surface area contributed by atoms with Crippen LogP contribution in [0.5, 0.6) is 0 Å². The van der Waals surface area contributed by atoms with E-state index in [0.29, 0.717) is 12.8 Å². The fourth-order valence-electron chi connectivity index (χ4n) is 7.95. The molecule has 2 aliphatic rings. The van der Waals surface area contributed by atoms with Crippen molar-refractivity contribution in [3.8, 4) is 0 Å². The SMILES string of the molecule is CCCC/C=C/CC/C=C/CC/C=C/C(O)C(COC1OC(CO)C(OC2OC(CO)C(O)C(O)C2O)C(O)C1O)NC(=O)CCCCCCCCCCCCCCCCCCC. The molecule has 2 heterocycles. The van der Waals surface area contributed by atoms with E-state index >= 15 is 0 Å². The van der Waals surface area contributed by atoms with Gasteiger partial charge in [0.2, 0.25) is 5.91 Å². The van der Waals surface area contributed by atoms with Crippen molar-refractivity contribution >= 4 is 5.91 Å². The third kappa shape index (κ3) is 24.0. The molecule has 0 aromatic heterocycles. The van der Waals surface area contributed by atoms with Crippen molar-refractivity contribution in [1.82, 2.24) is 5.32 Å². The predicted octanol–water partition coefficient (Wildman–Crippen LogP) is 5.93. The van der Waals surface area contributed by atoms with E-state index in [1.165, 1.54) is 96.3 Å². The summed E-state index contributed by atoms with van der Waals surface area (Å²) < 4.78 is 22.6. The number of hydrogen-bond acceptors (Lipinski definition) is 13. The van der Waals surface area contributed by atoms with Gasteiger partial charge in [-0.3, -0.25) is 4.79 Å². The van der Waals surface area contributed by atoms with Gasteiger partial charge >= 0.3 is 0 Å². The van der Waals surface area contributed by atoms with Gasteiger partial charge in [0.05, 0.1) is 32.0 Å². The molecular formula is C49H89NO13. The molecule has 2 rings (SSSR count). The molecule has 0 spiro atoms. The smallest absolute Gasteiger partial charge is 0.220 e. The monoisotopic (exact) mass is 900 g/mol. The van der Waals surface area contributed by atoms with Crippen molar-refractivity contribution in [3.05, 3.63) is 36.5 Å². The second kappa shape index (κ2) is 36.3. The van der Waals surface area contributed by atoms with Gasteiger partial charge in [0.15, 0.2) is 12.6 Å². The van der Waals surface area contributed by atoms with E-state index in [0.717, 1.165) is 44.9 Å². The molecule has 368 valence electrons. The van der Waals surface area contributed by atoms with Gasteiger partial charge in [0.1, 0.15) is 48.8 Å². The molecule has 2 saturated heterocycles. The Balaban J connectivity index is 1.86. The first kappa shape index (κ1) is 57.3.